The van der Waals surface area contributed by atoms with E-state index in [4.69, 9.17) is 0 Å². The highest BCUT2D eigenvalue weighted by atomic mass is 16.2. The Morgan fingerprint density at radius 2 is 1.96 bits per heavy atom. The monoisotopic (exact) mass is 312 g/mol. The Labute approximate surface area is 135 Å². The van der Waals surface area contributed by atoms with Crippen molar-refractivity contribution in [1.29, 1.82) is 0 Å². The van der Waals surface area contributed by atoms with Crippen LogP contribution >= 0.6 is 0 Å². The zero-order valence-electron chi connectivity index (χ0n) is 13.2. The first-order valence-electron chi connectivity index (χ1n) is 8.29. The molecule has 4 rings (SSSR count). The average Bonchev–Trinajstić information content (AvgIpc) is 3.19. The van der Waals surface area contributed by atoms with Crippen LogP contribution in [0.15, 0.2) is 18.2 Å². The van der Waals surface area contributed by atoms with Crippen LogP contribution in [-0.4, -0.2) is 29.7 Å². The van der Waals surface area contributed by atoms with E-state index in [9.17, 15) is 14.4 Å². The molecule has 1 aliphatic heterocycles. The summed E-state index contributed by atoms with van der Waals surface area (Å²) in [5.41, 5.74) is 1.37. The van der Waals surface area contributed by atoms with Crippen molar-refractivity contribution in [2.24, 2.45) is 17.8 Å². The number of anilines is 1. The second-order valence-electron chi connectivity index (χ2n) is 7.12. The first kappa shape index (κ1) is 14.4. The quantitative estimate of drug-likeness (QED) is 0.873. The molecule has 2 aliphatic carbocycles. The average molecular weight is 312 g/mol. The minimum atomic E-state index is -0.311. The molecule has 23 heavy (non-hydrogen) atoms. The lowest BCUT2D eigenvalue weighted by atomic mass is 9.86. The molecule has 0 spiro atoms. The van der Waals surface area contributed by atoms with Gasteiger partial charge in [0.2, 0.25) is 5.91 Å². The normalized spacial score (nSPS) is 28.4. The van der Waals surface area contributed by atoms with Crippen LogP contribution in [0.2, 0.25) is 0 Å². The molecule has 0 saturated heterocycles. The number of benzene rings is 1. The van der Waals surface area contributed by atoms with Crippen LogP contribution in [0.5, 0.6) is 0 Å². The molecule has 3 amide bonds. The van der Waals surface area contributed by atoms with Gasteiger partial charge in [0.25, 0.3) is 11.8 Å². The van der Waals surface area contributed by atoms with E-state index in [0.29, 0.717) is 29.2 Å². The van der Waals surface area contributed by atoms with E-state index >= 15 is 0 Å². The molecule has 120 valence electrons. The summed E-state index contributed by atoms with van der Waals surface area (Å²) in [7, 11) is 1.47. The van der Waals surface area contributed by atoms with Gasteiger partial charge in [-0.1, -0.05) is 6.42 Å². The molecule has 0 unspecified atom stereocenters. The second-order valence-corrected chi connectivity index (χ2v) is 7.12. The van der Waals surface area contributed by atoms with Crippen LogP contribution in [-0.2, 0) is 4.79 Å². The van der Waals surface area contributed by atoms with Gasteiger partial charge in [-0.15, -0.1) is 0 Å². The molecule has 1 aromatic carbocycles. The van der Waals surface area contributed by atoms with Crippen molar-refractivity contribution in [3.05, 3.63) is 29.3 Å². The van der Waals surface area contributed by atoms with E-state index in [0.717, 1.165) is 16.7 Å². The largest absolute Gasteiger partial charge is 0.326 e. The first-order chi connectivity index (χ1) is 11.0. The second kappa shape index (κ2) is 5.18. The van der Waals surface area contributed by atoms with Crippen molar-refractivity contribution in [3.63, 3.8) is 0 Å². The van der Waals surface area contributed by atoms with Crippen molar-refractivity contribution in [3.8, 4) is 0 Å². The number of carbonyl (C=O) groups excluding carboxylic acids is 3. The lowest BCUT2D eigenvalue weighted by Crippen LogP contribution is -2.24. The number of hydrogen-bond donors (Lipinski definition) is 1. The number of rotatable bonds is 3. The van der Waals surface area contributed by atoms with E-state index in [-0.39, 0.29) is 17.7 Å². The number of nitrogens with zero attached hydrogens (tertiary/aromatic N) is 1. The van der Waals surface area contributed by atoms with Crippen molar-refractivity contribution < 1.29 is 14.4 Å². The van der Waals surface area contributed by atoms with E-state index in [1.807, 2.05) is 0 Å². The van der Waals surface area contributed by atoms with E-state index in [1.54, 1.807) is 18.2 Å². The number of amides is 3. The molecule has 5 nitrogen and oxygen atoms in total. The minimum absolute atomic E-state index is 0.00706. The molecule has 0 radical (unpaired) electrons. The van der Waals surface area contributed by atoms with Crippen LogP contribution in [0.1, 0.15) is 52.8 Å². The lowest BCUT2D eigenvalue weighted by Gasteiger charge is -2.20. The summed E-state index contributed by atoms with van der Waals surface area (Å²) in [6, 6.07) is 4.92. The highest BCUT2D eigenvalue weighted by Crippen LogP contribution is 2.49. The third kappa shape index (κ3) is 2.35. The van der Waals surface area contributed by atoms with Crippen molar-refractivity contribution in [2.75, 3.05) is 12.4 Å². The van der Waals surface area contributed by atoms with E-state index < -0.39 is 0 Å². The maximum absolute atomic E-state index is 12.3. The molecule has 2 fully saturated rings. The van der Waals surface area contributed by atoms with Gasteiger partial charge >= 0.3 is 0 Å². The standard InChI is InChI=1S/C18H20N2O3/c1-20-17(22)14-5-4-13(9-15(14)18(20)23)19-16(21)8-12-7-10-2-3-11(12)6-10/h4-5,9-12H,2-3,6-8H2,1H3,(H,19,21)/t10-,11-,12-/m0/s1. The fourth-order valence-electron chi connectivity index (χ4n) is 4.52. The maximum atomic E-state index is 12.3. The highest BCUT2D eigenvalue weighted by molar-refractivity contribution is 6.21. The van der Waals surface area contributed by atoms with Gasteiger partial charge in [-0.05, 0) is 55.2 Å². The Hall–Kier alpha value is -2.17. The van der Waals surface area contributed by atoms with Gasteiger partial charge in [-0.25, -0.2) is 0 Å². The van der Waals surface area contributed by atoms with Gasteiger partial charge in [0, 0.05) is 19.2 Å². The molecular weight excluding hydrogens is 292 g/mol. The topological polar surface area (TPSA) is 66.5 Å². The number of hydrogen-bond acceptors (Lipinski definition) is 3. The maximum Gasteiger partial charge on any atom is 0.261 e. The summed E-state index contributed by atoms with van der Waals surface area (Å²) < 4.78 is 0. The number of imide groups is 1. The summed E-state index contributed by atoms with van der Waals surface area (Å²) >= 11 is 0. The van der Waals surface area contributed by atoms with Gasteiger partial charge in [-0.3, -0.25) is 19.3 Å². The van der Waals surface area contributed by atoms with Crippen LogP contribution < -0.4 is 5.32 Å². The van der Waals surface area contributed by atoms with Crippen LogP contribution in [0.3, 0.4) is 0 Å². The predicted molar refractivity (Wildman–Crippen MR) is 85.1 cm³/mol. The van der Waals surface area contributed by atoms with Crippen LogP contribution in [0.4, 0.5) is 5.69 Å². The molecule has 3 atom stereocenters. The zero-order valence-corrected chi connectivity index (χ0v) is 13.2. The Morgan fingerprint density at radius 1 is 1.17 bits per heavy atom. The van der Waals surface area contributed by atoms with Gasteiger partial charge in [0.1, 0.15) is 0 Å². The van der Waals surface area contributed by atoms with Crippen molar-refractivity contribution in [2.45, 2.75) is 32.1 Å². The fraction of sp³-hybridized carbons (Fsp3) is 0.500. The van der Waals surface area contributed by atoms with Gasteiger partial charge < -0.3 is 5.32 Å². The number of fused-ring (bicyclic) bond motifs is 3. The SMILES string of the molecule is CN1C(=O)c2ccc(NC(=O)C[C@@H]3C[C@H]4CC[C@H]3C4)cc2C1=O. The number of carbonyl (C=O) groups is 3. The number of nitrogens with one attached hydrogen (secondary N) is 1. The molecule has 3 aliphatic rings. The molecule has 0 aromatic heterocycles. The van der Waals surface area contributed by atoms with Crippen molar-refractivity contribution >= 4 is 23.4 Å². The molecule has 1 aromatic rings. The van der Waals surface area contributed by atoms with E-state index in [2.05, 4.69) is 5.32 Å². The smallest absolute Gasteiger partial charge is 0.261 e. The summed E-state index contributed by atoms with van der Waals surface area (Å²) in [4.78, 5) is 37.2. The highest BCUT2D eigenvalue weighted by Gasteiger charge is 2.40. The molecule has 2 saturated carbocycles. The summed E-state index contributed by atoms with van der Waals surface area (Å²) in [5, 5.41) is 2.89. The Kier molecular flexibility index (Phi) is 3.25. The van der Waals surface area contributed by atoms with Gasteiger partial charge in [-0.2, -0.15) is 0 Å². The van der Waals surface area contributed by atoms with Gasteiger partial charge in [0.15, 0.2) is 0 Å². The third-order valence-electron chi connectivity index (χ3n) is 5.71. The van der Waals surface area contributed by atoms with Gasteiger partial charge in [0.05, 0.1) is 11.1 Å². The zero-order chi connectivity index (χ0) is 16.1. The summed E-state index contributed by atoms with van der Waals surface area (Å²) in [6.45, 7) is 0. The van der Waals surface area contributed by atoms with Crippen molar-refractivity contribution in [1.82, 2.24) is 4.90 Å². The van der Waals surface area contributed by atoms with Crippen LogP contribution in [0.25, 0.3) is 0 Å². The Bertz CT molecular complexity index is 712. The van der Waals surface area contributed by atoms with E-state index in [1.165, 1.54) is 32.7 Å². The third-order valence-corrected chi connectivity index (χ3v) is 5.71. The Morgan fingerprint density at radius 3 is 2.65 bits per heavy atom. The fourth-order valence-corrected chi connectivity index (χ4v) is 4.52. The summed E-state index contributed by atoms with van der Waals surface area (Å²) in [5.74, 6) is 1.47. The summed E-state index contributed by atoms with van der Waals surface area (Å²) in [6.07, 6.45) is 5.63. The van der Waals surface area contributed by atoms with Crippen LogP contribution in [0, 0.1) is 17.8 Å². The molecule has 1 heterocycles. The minimum Gasteiger partial charge on any atom is -0.326 e. The molecular formula is C18H20N2O3. The lowest BCUT2D eigenvalue weighted by molar-refractivity contribution is -0.117. The predicted octanol–water partition coefficient (Wildman–Crippen LogP) is 2.68. The first-order valence-corrected chi connectivity index (χ1v) is 8.29. The molecule has 5 heteroatoms. The molecule has 1 N–H and O–H groups in total. The molecule has 2 bridgehead atoms. The Balaban J connectivity index is 1.44.